The van der Waals surface area contributed by atoms with Gasteiger partial charge in [0.05, 0.1) is 0 Å². The molecule has 0 fully saturated rings. The minimum absolute atomic E-state index is 0.468. The van der Waals surface area contributed by atoms with Gasteiger partial charge in [-0.25, -0.2) is 4.31 Å². The van der Waals surface area contributed by atoms with Gasteiger partial charge < -0.3 is 5.11 Å². The Morgan fingerprint density at radius 3 is 2.50 bits per heavy atom. The molecule has 0 aromatic heterocycles. The molecule has 0 spiro atoms. The summed E-state index contributed by atoms with van der Waals surface area (Å²) in [6.07, 6.45) is 0.468. The molecule has 1 N–H and O–H groups in total. The van der Waals surface area contributed by atoms with Crippen LogP contribution in [0.25, 0.3) is 0 Å². The minimum Gasteiger partial charge on any atom is -0.480 e. The second-order valence-corrected chi connectivity index (χ2v) is 3.75. The molecule has 0 aliphatic carbocycles. The molecule has 0 saturated heterocycles. The first kappa shape index (κ1) is 11.1. The lowest BCUT2D eigenvalue weighted by Gasteiger charge is -2.18. The highest BCUT2D eigenvalue weighted by molar-refractivity contribution is 7.77. The van der Waals surface area contributed by atoms with Crippen LogP contribution in [0.3, 0.4) is 0 Å². The van der Waals surface area contributed by atoms with E-state index < -0.39 is 12.0 Å². The van der Waals surface area contributed by atoms with Crippen LogP contribution in [0.4, 0.5) is 0 Å². The standard InChI is InChI=1S/C10H13NO2S/c1-11(14)9(10(12)13)7-8-5-3-2-4-6-8/h2-6,9,14H,7H2,1H3,(H,12,13). The van der Waals surface area contributed by atoms with Crippen molar-refractivity contribution in [3.05, 3.63) is 35.9 Å². The number of carbonyl (C=O) groups is 1. The predicted molar refractivity (Wildman–Crippen MR) is 58.3 cm³/mol. The number of benzene rings is 1. The Morgan fingerprint density at radius 1 is 1.50 bits per heavy atom. The number of carboxylic acid groups (broad SMARTS) is 1. The third-order valence-corrected chi connectivity index (χ3v) is 2.29. The van der Waals surface area contributed by atoms with Crippen molar-refractivity contribution in [1.29, 1.82) is 0 Å². The number of aliphatic carboxylic acids is 1. The van der Waals surface area contributed by atoms with Gasteiger partial charge in [0.2, 0.25) is 0 Å². The maximum Gasteiger partial charge on any atom is 0.322 e. The average Bonchev–Trinajstić information content (AvgIpc) is 2.15. The number of carboxylic acids is 1. The number of likely N-dealkylation sites (N-methyl/N-ethyl adjacent to an activating group) is 1. The van der Waals surface area contributed by atoms with E-state index in [9.17, 15) is 4.79 Å². The normalized spacial score (nSPS) is 12.8. The van der Waals surface area contributed by atoms with Gasteiger partial charge in [-0.15, -0.1) is 0 Å². The number of nitrogens with zero attached hydrogens (tertiary/aromatic N) is 1. The van der Waals surface area contributed by atoms with Gasteiger partial charge >= 0.3 is 5.97 Å². The highest BCUT2D eigenvalue weighted by Crippen LogP contribution is 2.09. The second kappa shape index (κ2) is 5.02. The molecule has 4 heteroatoms. The number of rotatable bonds is 4. The largest absolute Gasteiger partial charge is 0.480 e. The third-order valence-electron chi connectivity index (χ3n) is 2.01. The van der Waals surface area contributed by atoms with E-state index in [1.807, 2.05) is 30.3 Å². The van der Waals surface area contributed by atoms with E-state index in [1.54, 1.807) is 7.05 Å². The average molecular weight is 211 g/mol. The van der Waals surface area contributed by atoms with Crippen LogP contribution in [-0.4, -0.2) is 28.5 Å². The van der Waals surface area contributed by atoms with Gasteiger partial charge in [-0.1, -0.05) is 43.1 Å². The Balaban J connectivity index is 2.70. The lowest BCUT2D eigenvalue weighted by atomic mass is 10.1. The number of hydrogen-bond acceptors (Lipinski definition) is 3. The third kappa shape index (κ3) is 3.05. The van der Waals surface area contributed by atoms with E-state index in [2.05, 4.69) is 12.8 Å². The summed E-state index contributed by atoms with van der Waals surface area (Å²) in [7, 11) is 1.64. The lowest BCUT2D eigenvalue weighted by molar-refractivity contribution is -0.140. The molecule has 0 amide bonds. The van der Waals surface area contributed by atoms with Crippen LogP contribution in [0.5, 0.6) is 0 Å². The maximum absolute atomic E-state index is 10.9. The van der Waals surface area contributed by atoms with Crippen LogP contribution in [0.15, 0.2) is 30.3 Å². The zero-order chi connectivity index (χ0) is 10.6. The highest BCUT2D eigenvalue weighted by atomic mass is 32.1. The molecule has 3 nitrogen and oxygen atoms in total. The van der Waals surface area contributed by atoms with E-state index in [-0.39, 0.29) is 0 Å². The second-order valence-electron chi connectivity index (χ2n) is 3.12. The fourth-order valence-corrected chi connectivity index (χ4v) is 1.40. The Hall–Kier alpha value is -1.00. The van der Waals surface area contributed by atoms with E-state index in [0.717, 1.165) is 5.56 Å². The van der Waals surface area contributed by atoms with Crippen molar-refractivity contribution in [3.8, 4) is 0 Å². The monoisotopic (exact) mass is 211 g/mol. The summed E-state index contributed by atoms with van der Waals surface area (Å²) in [5.74, 6) is -0.855. The summed E-state index contributed by atoms with van der Waals surface area (Å²) in [4.78, 5) is 10.9. The van der Waals surface area contributed by atoms with E-state index >= 15 is 0 Å². The Morgan fingerprint density at radius 2 is 2.07 bits per heavy atom. The van der Waals surface area contributed by atoms with Crippen LogP contribution >= 0.6 is 12.8 Å². The first-order valence-corrected chi connectivity index (χ1v) is 4.69. The van der Waals surface area contributed by atoms with Crippen LogP contribution in [0, 0.1) is 0 Å². The fourth-order valence-electron chi connectivity index (χ4n) is 1.22. The van der Waals surface area contributed by atoms with Crippen LogP contribution < -0.4 is 0 Å². The van der Waals surface area contributed by atoms with Gasteiger partial charge in [0, 0.05) is 0 Å². The van der Waals surface area contributed by atoms with Crippen LogP contribution in [0.2, 0.25) is 0 Å². The summed E-state index contributed by atoms with van der Waals surface area (Å²) in [5, 5.41) is 8.91. The summed E-state index contributed by atoms with van der Waals surface area (Å²) in [6.45, 7) is 0. The molecule has 1 rings (SSSR count). The summed E-state index contributed by atoms with van der Waals surface area (Å²) in [5.41, 5.74) is 1.00. The molecule has 0 saturated carbocycles. The van der Waals surface area contributed by atoms with Crippen molar-refractivity contribution in [2.45, 2.75) is 12.5 Å². The van der Waals surface area contributed by atoms with Crippen molar-refractivity contribution in [2.75, 3.05) is 7.05 Å². The van der Waals surface area contributed by atoms with Crippen LogP contribution in [-0.2, 0) is 11.2 Å². The predicted octanol–water partition coefficient (Wildman–Crippen LogP) is 1.46. The number of thiol groups is 1. The summed E-state index contributed by atoms with van der Waals surface area (Å²) >= 11 is 4.02. The molecule has 76 valence electrons. The molecule has 0 heterocycles. The Bertz CT molecular complexity index is 300. The molecule has 0 radical (unpaired) electrons. The smallest absolute Gasteiger partial charge is 0.322 e. The van der Waals surface area contributed by atoms with Gasteiger partial charge in [-0.05, 0) is 19.0 Å². The van der Waals surface area contributed by atoms with Crippen molar-refractivity contribution < 1.29 is 9.90 Å². The van der Waals surface area contributed by atoms with E-state index in [0.29, 0.717) is 6.42 Å². The van der Waals surface area contributed by atoms with E-state index in [1.165, 1.54) is 4.31 Å². The topological polar surface area (TPSA) is 40.5 Å². The Kier molecular flexibility index (Phi) is 3.98. The SMILES string of the molecule is CN(S)C(Cc1ccccc1)C(=O)O. The molecule has 1 aromatic rings. The Labute approximate surface area is 88.9 Å². The molecule has 0 bridgehead atoms. The molecular weight excluding hydrogens is 198 g/mol. The van der Waals surface area contributed by atoms with E-state index in [4.69, 9.17) is 5.11 Å². The molecule has 1 atom stereocenters. The van der Waals surface area contributed by atoms with Gasteiger partial charge in [-0.3, -0.25) is 4.79 Å². The van der Waals surface area contributed by atoms with Crippen molar-refractivity contribution in [2.24, 2.45) is 0 Å². The van der Waals surface area contributed by atoms with Crippen molar-refractivity contribution in [3.63, 3.8) is 0 Å². The van der Waals surface area contributed by atoms with Crippen LogP contribution in [0.1, 0.15) is 5.56 Å². The highest BCUT2D eigenvalue weighted by Gasteiger charge is 2.20. The van der Waals surface area contributed by atoms with Crippen molar-refractivity contribution >= 4 is 18.8 Å². The van der Waals surface area contributed by atoms with Gasteiger partial charge in [0.25, 0.3) is 0 Å². The maximum atomic E-state index is 10.9. The molecule has 14 heavy (non-hydrogen) atoms. The zero-order valence-corrected chi connectivity index (χ0v) is 8.82. The van der Waals surface area contributed by atoms with Gasteiger partial charge in [0.15, 0.2) is 0 Å². The minimum atomic E-state index is -0.855. The lowest BCUT2D eigenvalue weighted by Crippen LogP contribution is -2.34. The summed E-state index contributed by atoms with van der Waals surface area (Å²) < 4.78 is 1.41. The molecule has 0 aliphatic heterocycles. The quantitative estimate of drug-likeness (QED) is 0.741. The van der Waals surface area contributed by atoms with Crippen molar-refractivity contribution in [1.82, 2.24) is 4.31 Å². The van der Waals surface area contributed by atoms with Gasteiger partial charge in [0.1, 0.15) is 6.04 Å². The fraction of sp³-hybridized carbons (Fsp3) is 0.300. The number of hydrogen-bond donors (Lipinski definition) is 2. The van der Waals surface area contributed by atoms with Gasteiger partial charge in [-0.2, -0.15) is 0 Å². The molecule has 0 aliphatic rings. The first-order chi connectivity index (χ1) is 6.61. The molecule has 1 aromatic carbocycles. The molecule has 1 unspecified atom stereocenters. The zero-order valence-electron chi connectivity index (χ0n) is 7.92. The molecular formula is C10H13NO2S. The first-order valence-electron chi connectivity index (χ1n) is 4.29. The summed E-state index contributed by atoms with van der Waals surface area (Å²) in [6, 6.07) is 8.93.